The van der Waals surface area contributed by atoms with E-state index in [1.807, 2.05) is 67.6 Å². The molecule has 45 heavy (non-hydrogen) atoms. The maximum Gasteiger partial charge on any atom is 0.356 e. The van der Waals surface area contributed by atoms with Crippen LogP contribution in [0.4, 0.5) is 0 Å². The van der Waals surface area contributed by atoms with Crippen LogP contribution in [0.5, 0.6) is 0 Å². The van der Waals surface area contributed by atoms with Crippen molar-refractivity contribution in [2.45, 2.75) is 50.1 Å². The van der Waals surface area contributed by atoms with Crippen LogP contribution in [0.3, 0.4) is 0 Å². The summed E-state index contributed by atoms with van der Waals surface area (Å²) in [7, 11) is -4.02. The lowest BCUT2D eigenvalue weighted by atomic mass is 9.97. The van der Waals surface area contributed by atoms with E-state index in [1.165, 1.54) is 28.8 Å². The van der Waals surface area contributed by atoms with Crippen LogP contribution in [-0.4, -0.2) is 59.5 Å². The predicted octanol–water partition coefficient (Wildman–Crippen LogP) is 4.65. The minimum absolute atomic E-state index is 0.0666. The number of aryl methyl sites for hydroxylation is 1. The number of esters is 2. The molecule has 1 fully saturated rings. The average molecular weight is 653 g/mol. The molecular formula is C33H36N2O8S2. The normalized spacial score (nSPS) is 17.9. The molecule has 2 aliphatic rings. The van der Waals surface area contributed by atoms with Gasteiger partial charge < -0.3 is 15.2 Å². The number of fused-ring (bicyclic) bond motifs is 1. The van der Waals surface area contributed by atoms with Crippen molar-refractivity contribution in [3.63, 3.8) is 0 Å². The van der Waals surface area contributed by atoms with E-state index in [-0.39, 0.29) is 28.5 Å². The lowest BCUT2D eigenvalue weighted by Crippen LogP contribution is -2.68. The molecule has 3 aromatic rings. The number of hydrogen-bond acceptors (Lipinski definition) is 9. The molecule has 2 heterocycles. The number of benzene rings is 3. The molecule has 1 saturated heterocycles. The van der Waals surface area contributed by atoms with Gasteiger partial charge in [0.15, 0.2) is 6.10 Å². The highest BCUT2D eigenvalue weighted by Gasteiger charge is 2.52. The Bertz CT molecular complexity index is 1630. The summed E-state index contributed by atoms with van der Waals surface area (Å²) in [5.74, 6) is -0.978. The molecule has 0 bridgehead atoms. The van der Waals surface area contributed by atoms with Crippen LogP contribution in [0.2, 0.25) is 0 Å². The fraction of sp³-hybridized carbons (Fsp3) is 0.303. The Balaban J connectivity index is 0.000000354. The van der Waals surface area contributed by atoms with Crippen LogP contribution in [0.25, 0.3) is 0 Å². The number of rotatable bonds is 7. The van der Waals surface area contributed by atoms with E-state index in [0.717, 1.165) is 16.7 Å². The highest BCUT2D eigenvalue weighted by molar-refractivity contribution is 8.00. The van der Waals surface area contributed by atoms with Gasteiger partial charge in [0, 0.05) is 11.3 Å². The molecule has 2 aliphatic heterocycles. The van der Waals surface area contributed by atoms with Crippen LogP contribution in [-0.2, 0) is 34.0 Å². The fourth-order valence-electron chi connectivity index (χ4n) is 4.51. The Morgan fingerprint density at radius 3 is 2.00 bits per heavy atom. The van der Waals surface area contributed by atoms with E-state index in [0.29, 0.717) is 11.3 Å². The standard InChI is InChI=1S/C26H28N2O5S.C7H8O3S/c1-26(2,3)25(31)32-14-18-15-34-23-19(27)22(29)28(23)20(18)24(30)33-21(16-10-6-4-7-11-16)17-12-8-5-9-13-17;1-6-2-4-7(5-3-6)11(8,9)10/h4-13,19,21,23H,14-15,27H2,1-3H3;2-5H,1H3,(H,8,9,10)/t19-,23+;/m1./s1. The Hall–Kier alpha value is -3.97. The van der Waals surface area contributed by atoms with Crippen LogP contribution >= 0.6 is 11.8 Å². The number of β-lactam (4-membered cyclic amide) rings is 1. The van der Waals surface area contributed by atoms with Gasteiger partial charge >= 0.3 is 11.9 Å². The largest absolute Gasteiger partial charge is 0.461 e. The number of nitrogens with two attached hydrogens (primary N) is 1. The maximum atomic E-state index is 13.6. The summed E-state index contributed by atoms with van der Waals surface area (Å²) in [4.78, 5) is 39.9. The number of nitrogens with zero attached hydrogens (tertiary/aromatic N) is 1. The molecule has 0 aliphatic carbocycles. The van der Waals surface area contributed by atoms with Crippen LogP contribution in [0.1, 0.15) is 43.6 Å². The smallest absolute Gasteiger partial charge is 0.356 e. The van der Waals surface area contributed by atoms with Crippen LogP contribution < -0.4 is 5.73 Å². The van der Waals surface area contributed by atoms with E-state index in [2.05, 4.69) is 0 Å². The van der Waals surface area contributed by atoms with Gasteiger partial charge in [-0.25, -0.2) is 4.79 Å². The van der Waals surface area contributed by atoms with Gasteiger partial charge in [0.05, 0.1) is 10.3 Å². The van der Waals surface area contributed by atoms with Crippen molar-refractivity contribution in [3.05, 3.63) is 113 Å². The molecule has 12 heteroatoms. The third-order valence-corrected chi connectivity index (χ3v) is 9.25. The van der Waals surface area contributed by atoms with Gasteiger partial charge in [-0.1, -0.05) is 78.4 Å². The molecule has 3 N–H and O–H groups in total. The van der Waals surface area contributed by atoms with E-state index in [9.17, 15) is 22.8 Å². The summed E-state index contributed by atoms with van der Waals surface area (Å²) in [6.45, 7) is 7.01. The van der Waals surface area contributed by atoms with Crippen molar-refractivity contribution in [1.82, 2.24) is 4.90 Å². The average Bonchev–Trinajstić information content (AvgIpc) is 3.02. The molecule has 0 saturated carbocycles. The second kappa shape index (κ2) is 14.0. The third kappa shape index (κ3) is 8.20. The van der Waals surface area contributed by atoms with Gasteiger partial charge in [-0.2, -0.15) is 8.42 Å². The van der Waals surface area contributed by atoms with Gasteiger partial charge in [-0.15, -0.1) is 11.8 Å². The molecule has 5 rings (SSSR count). The quantitative estimate of drug-likeness (QED) is 0.210. The number of carbonyl (C=O) groups excluding carboxylic acids is 3. The zero-order chi connectivity index (χ0) is 32.9. The first-order valence-electron chi connectivity index (χ1n) is 14.1. The minimum atomic E-state index is -4.02. The van der Waals surface area contributed by atoms with Crippen LogP contribution in [0.15, 0.2) is 101 Å². The SMILES string of the molecule is CC(C)(C)C(=O)OCC1=C(C(=O)OC(c2ccccc2)c2ccccc2)N2C(=O)[C@@H](N)[C@@H]2SC1.Cc1ccc(S(=O)(=O)O)cc1. The monoisotopic (exact) mass is 652 g/mol. The summed E-state index contributed by atoms with van der Waals surface area (Å²) >= 11 is 1.45. The van der Waals surface area contributed by atoms with Crippen molar-refractivity contribution >= 4 is 39.7 Å². The molecule has 238 valence electrons. The molecule has 1 amide bonds. The molecular weight excluding hydrogens is 617 g/mol. The summed E-state index contributed by atoms with van der Waals surface area (Å²) in [5, 5.41) is -0.344. The van der Waals surface area contributed by atoms with E-state index < -0.39 is 39.6 Å². The number of ether oxygens (including phenoxy) is 2. The van der Waals surface area contributed by atoms with Gasteiger partial charge in [0.2, 0.25) is 5.91 Å². The number of hydrogen-bond donors (Lipinski definition) is 2. The van der Waals surface area contributed by atoms with Crippen molar-refractivity contribution in [3.8, 4) is 0 Å². The Morgan fingerprint density at radius 2 is 1.51 bits per heavy atom. The first kappa shape index (κ1) is 33.9. The molecule has 0 unspecified atom stereocenters. The number of thioether (sulfide) groups is 1. The zero-order valence-electron chi connectivity index (χ0n) is 25.4. The van der Waals surface area contributed by atoms with Gasteiger partial charge in [0.1, 0.15) is 23.7 Å². The minimum Gasteiger partial charge on any atom is -0.461 e. The Labute approximate surface area is 267 Å². The predicted molar refractivity (Wildman–Crippen MR) is 170 cm³/mol. The molecule has 3 aromatic carbocycles. The molecule has 2 atom stereocenters. The topological polar surface area (TPSA) is 153 Å². The second-order valence-corrected chi connectivity index (χ2v) is 14.1. The first-order valence-corrected chi connectivity index (χ1v) is 16.6. The molecule has 0 spiro atoms. The lowest BCUT2D eigenvalue weighted by Gasteiger charge is -2.48. The first-order chi connectivity index (χ1) is 21.2. The van der Waals surface area contributed by atoms with Gasteiger partial charge in [-0.3, -0.25) is 19.0 Å². The summed E-state index contributed by atoms with van der Waals surface area (Å²) in [6, 6.07) is 24.1. The summed E-state index contributed by atoms with van der Waals surface area (Å²) < 4.78 is 41.1. The van der Waals surface area contributed by atoms with Crippen molar-refractivity contribution in [2.75, 3.05) is 12.4 Å². The highest BCUT2D eigenvalue weighted by Crippen LogP contribution is 2.41. The van der Waals surface area contributed by atoms with E-state index in [4.69, 9.17) is 19.8 Å². The summed E-state index contributed by atoms with van der Waals surface area (Å²) in [5.41, 5.74) is 8.50. The Kier molecular flexibility index (Phi) is 10.5. The van der Waals surface area contributed by atoms with E-state index >= 15 is 0 Å². The van der Waals surface area contributed by atoms with Gasteiger partial charge in [-0.05, 0) is 51.0 Å². The molecule has 0 aromatic heterocycles. The Morgan fingerprint density at radius 1 is 0.978 bits per heavy atom. The second-order valence-electron chi connectivity index (χ2n) is 11.6. The summed E-state index contributed by atoms with van der Waals surface area (Å²) in [6.07, 6.45) is -0.668. The molecule has 0 radical (unpaired) electrons. The van der Waals surface area contributed by atoms with Crippen molar-refractivity contribution in [1.29, 1.82) is 0 Å². The lowest BCUT2D eigenvalue weighted by molar-refractivity contribution is -0.154. The maximum absolute atomic E-state index is 13.6. The van der Waals surface area contributed by atoms with Crippen molar-refractivity contribution < 1.29 is 36.8 Å². The highest BCUT2D eigenvalue weighted by atomic mass is 32.2. The third-order valence-electron chi connectivity index (χ3n) is 7.02. The zero-order valence-corrected chi connectivity index (χ0v) is 27.0. The van der Waals surface area contributed by atoms with Crippen LogP contribution in [0, 0.1) is 12.3 Å². The number of amides is 1. The van der Waals surface area contributed by atoms with Gasteiger partial charge in [0.25, 0.3) is 10.1 Å². The van der Waals surface area contributed by atoms with E-state index in [1.54, 1.807) is 32.9 Å². The van der Waals surface area contributed by atoms with Crippen molar-refractivity contribution in [2.24, 2.45) is 11.1 Å². The molecule has 10 nitrogen and oxygen atoms in total. The fourth-order valence-corrected chi connectivity index (χ4v) is 6.26. The number of carbonyl (C=O) groups is 3.